The SMILES string of the molecule is CNCC(C)C(C)C(C)CCC(C)(C)C. The largest absolute Gasteiger partial charge is 0.319 e. The molecule has 0 rings (SSSR count). The van der Waals surface area contributed by atoms with E-state index < -0.39 is 0 Å². The fraction of sp³-hybridized carbons (Fsp3) is 1.00. The Morgan fingerprint density at radius 2 is 1.53 bits per heavy atom. The van der Waals surface area contributed by atoms with Crippen LogP contribution in [0.15, 0.2) is 0 Å². The van der Waals surface area contributed by atoms with Crippen LogP contribution in [0.3, 0.4) is 0 Å². The molecule has 0 heterocycles. The van der Waals surface area contributed by atoms with E-state index in [1.807, 2.05) is 7.05 Å². The van der Waals surface area contributed by atoms with Crippen LogP contribution in [0, 0.1) is 23.2 Å². The summed E-state index contributed by atoms with van der Waals surface area (Å²) in [7, 11) is 2.04. The molecule has 3 unspecified atom stereocenters. The Bertz CT molecular complexity index is 157. The Morgan fingerprint density at radius 3 is 1.93 bits per heavy atom. The van der Waals surface area contributed by atoms with Gasteiger partial charge < -0.3 is 5.32 Å². The van der Waals surface area contributed by atoms with E-state index in [0.717, 1.165) is 24.3 Å². The Labute approximate surface area is 97.0 Å². The van der Waals surface area contributed by atoms with Crippen LogP contribution in [0.4, 0.5) is 0 Å². The molecule has 0 spiro atoms. The molecule has 0 fully saturated rings. The lowest BCUT2D eigenvalue weighted by molar-refractivity contribution is 0.230. The van der Waals surface area contributed by atoms with Gasteiger partial charge in [0, 0.05) is 0 Å². The van der Waals surface area contributed by atoms with Crippen LogP contribution in [0.25, 0.3) is 0 Å². The molecule has 0 aliphatic heterocycles. The maximum atomic E-state index is 3.28. The van der Waals surface area contributed by atoms with Crippen LogP contribution in [-0.4, -0.2) is 13.6 Å². The summed E-state index contributed by atoms with van der Waals surface area (Å²) >= 11 is 0. The van der Waals surface area contributed by atoms with E-state index in [0.29, 0.717) is 5.41 Å². The topological polar surface area (TPSA) is 12.0 Å². The van der Waals surface area contributed by atoms with Gasteiger partial charge in [0.05, 0.1) is 0 Å². The molecule has 0 aromatic carbocycles. The molecule has 0 amide bonds. The minimum Gasteiger partial charge on any atom is -0.319 e. The Hall–Kier alpha value is -0.0400. The first-order chi connectivity index (χ1) is 6.78. The van der Waals surface area contributed by atoms with Crippen molar-refractivity contribution in [3.63, 3.8) is 0 Å². The summed E-state index contributed by atoms with van der Waals surface area (Å²) in [5.41, 5.74) is 0.486. The monoisotopic (exact) mass is 213 g/mol. The number of hydrogen-bond acceptors (Lipinski definition) is 1. The second kappa shape index (κ2) is 6.52. The summed E-state index contributed by atoms with van der Waals surface area (Å²) in [5, 5.41) is 3.28. The van der Waals surface area contributed by atoms with Gasteiger partial charge in [-0.2, -0.15) is 0 Å². The average Bonchev–Trinajstić information content (AvgIpc) is 2.12. The third kappa shape index (κ3) is 6.94. The molecule has 0 aromatic heterocycles. The van der Waals surface area contributed by atoms with E-state index in [2.05, 4.69) is 46.9 Å². The van der Waals surface area contributed by atoms with E-state index in [1.54, 1.807) is 0 Å². The van der Waals surface area contributed by atoms with Gasteiger partial charge >= 0.3 is 0 Å². The first-order valence-electron chi connectivity index (χ1n) is 6.42. The molecular weight excluding hydrogens is 182 g/mol. The predicted octanol–water partition coefficient (Wildman–Crippen LogP) is 3.94. The fourth-order valence-electron chi connectivity index (χ4n) is 1.99. The van der Waals surface area contributed by atoms with E-state index in [-0.39, 0.29) is 0 Å². The van der Waals surface area contributed by atoms with Gasteiger partial charge in [-0.15, -0.1) is 0 Å². The normalized spacial score (nSPS) is 18.6. The summed E-state index contributed by atoms with van der Waals surface area (Å²) in [6, 6.07) is 0. The molecule has 0 saturated carbocycles. The molecule has 1 heteroatoms. The van der Waals surface area contributed by atoms with Crippen LogP contribution in [-0.2, 0) is 0 Å². The van der Waals surface area contributed by atoms with Crippen LogP contribution >= 0.6 is 0 Å². The van der Waals surface area contributed by atoms with Gasteiger partial charge in [-0.05, 0) is 49.6 Å². The van der Waals surface area contributed by atoms with Crippen molar-refractivity contribution in [1.82, 2.24) is 5.32 Å². The maximum Gasteiger partial charge on any atom is -0.00235 e. The fourth-order valence-corrected chi connectivity index (χ4v) is 1.99. The van der Waals surface area contributed by atoms with Crippen molar-refractivity contribution in [3.05, 3.63) is 0 Å². The van der Waals surface area contributed by atoms with Crippen LogP contribution in [0.1, 0.15) is 54.4 Å². The van der Waals surface area contributed by atoms with Gasteiger partial charge in [0.25, 0.3) is 0 Å². The second-order valence-corrected chi connectivity index (χ2v) is 6.47. The van der Waals surface area contributed by atoms with Crippen LogP contribution < -0.4 is 5.32 Å². The van der Waals surface area contributed by atoms with Gasteiger partial charge in [-0.1, -0.05) is 41.5 Å². The summed E-state index contributed by atoms with van der Waals surface area (Å²) < 4.78 is 0. The molecule has 0 saturated heterocycles. The van der Waals surface area contributed by atoms with E-state index >= 15 is 0 Å². The molecule has 0 aliphatic carbocycles. The molecule has 1 N–H and O–H groups in total. The molecule has 0 aliphatic rings. The minimum atomic E-state index is 0.486. The third-order valence-electron chi connectivity index (χ3n) is 3.67. The van der Waals surface area contributed by atoms with E-state index in [9.17, 15) is 0 Å². The van der Waals surface area contributed by atoms with Crippen molar-refractivity contribution in [1.29, 1.82) is 0 Å². The number of hydrogen-bond donors (Lipinski definition) is 1. The van der Waals surface area contributed by atoms with Crippen molar-refractivity contribution in [3.8, 4) is 0 Å². The molecule has 0 bridgehead atoms. The molecule has 3 atom stereocenters. The van der Waals surface area contributed by atoms with Crippen molar-refractivity contribution in [2.45, 2.75) is 54.4 Å². The highest BCUT2D eigenvalue weighted by Crippen LogP contribution is 2.29. The van der Waals surface area contributed by atoms with E-state index in [4.69, 9.17) is 0 Å². The number of nitrogens with one attached hydrogen (secondary N) is 1. The summed E-state index contributed by atoms with van der Waals surface area (Å²) in [6.45, 7) is 15.3. The molecule has 92 valence electrons. The van der Waals surface area contributed by atoms with Crippen LogP contribution in [0.5, 0.6) is 0 Å². The number of rotatable bonds is 6. The predicted molar refractivity (Wildman–Crippen MR) is 70.1 cm³/mol. The molecule has 15 heavy (non-hydrogen) atoms. The van der Waals surface area contributed by atoms with Gasteiger partial charge in [0.15, 0.2) is 0 Å². The van der Waals surface area contributed by atoms with E-state index in [1.165, 1.54) is 12.8 Å². The highest BCUT2D eigenvalue weighted by Gasteiger charge is 2.20. The zero-order chi connectivity index (χ0) is 12.1. The lowest BCUT2D eigenvalue weighted by Crippen LogP contribution is -2.26. The lowest BCUT2D eigenvalue weighted by Gasteiger charge is -2.28. The second-order valence-electron chi connectivity index (χ2n) is 6.47. The van der Waals surface area contributed by atoms with Crippen LogP contribution in [0.2, 0.25) is 0 Å². The highest BCUT2D eigenvalue weighted by molar-refractivity contribution is 4.72. The third-order valence-corrected chi connectivity index (χ3v) is 3.67. The zero-order valence-corrected chi connectivity index (χ0v) is 11.9. The Morgan fingerprint density at radius 1 is 1.00 bits per heavy atom. The smallest absolute Gasteiger partial charge is 0.00235 e. The van der Waals surface area contributed by atoms with Gasteiger partial charge in [0.2, 0.25) is 0 Å². The molecule has 0 radical (unpaired) electrons. The van der Waals surface area contributed by atoms with Crippen molar-refractivity contribution < 1.29 is 0 Å². The standard InChI is InChI=1S/C14H31N/c1-11(8-9-14(4,5)6)13(3)12(2)10-15-7/h11-13,15H,8-10H2,1-7H3. The van der Waals surface area contributed by atoms with Gasteiger partial charge in [0.1, 0.15) is 0 Å². The minimum absolute atomic E-state index is 0.486. The summed E-state index contributed by atoms with van der Waals surface area (Å²) in [6.07, 6.45) is 2.70. The first-order valence-corrected chi connectivity index (χ1v) is 6.42. The molecule has 1 nitrogen and oxygen atoms in total. The lowest BCUT2D eigenvalue weighted by atomic mass is 9.79. The quantitative estimate of drug-likeness (QED) is 0.704. The Balaban J connectivity index is 3.93. The maximum absolute atomic E-state index is 3.28. The molecular formula is C14H31N. The van der Waals surface area contributed by atoms with Gasteiger partial charge in [-0.3, -0.25) is 0 Å². The van der Waals surface area contributed by atoms with Crippen molar-refractivity contribution >= 4 is 0 Å². The summed E-state index contributed by atoms with van der Waals surface area (Å²) in [4.78, 5) is 0. The Kier molecular flexibility index (Phi) is 6.51. The first kappa shape index (κ1) is 15.0. The average molecular weight is 213 g/mol. The van der Waals surface area contributed by atoms with Crippen molar-refractivity contribution in [2.24, 2.45) is 23.2 Å². The highest BCUT2D eigenvalue weighted by atomic mass is 14.8. The zero-order valence-electron chi connectivity index (χ0n) is 11.9. The van der Waals surface area contributed by atoms with Gasteiger partial charge in [-0.25, -0.2) is 0 Å². The molecule has 0 aromatic rings. The van der Waals surface area contributed by atoms with Crippen molar-refractivity contribution in [2.75, 3.05) is 13.6 Å². The summed E-state index contributed by atoms with van der Waals surface area (Å²) in [5.74, 6) is 2.44.